The molecule has 0 unspecified atom stereocenters. The fraction of sp³-hybridized carbons (Fsp3) is 0.227. The van der Waals surface area contributed by atoms with E-state index in [1.807, 2.05) is 29.8 Å². The lowest BCUT2D eigenvalue weighted by Crippen LogP contribution is -2.25. The van der Waals surface area contributed by atoms with Crippen LogP contribution in [-0.4, -0.2) is 23.4 Å². The van der Waals surface area contributed by atoms with Crippen LogP contribution in [0.4, 0.5) is 15.8 Å². The molecule has 1 aliphatic rings. The molecule has 4 rings (SSSR count). The quantitative estimate of drug-likeness (QED) is 0.598. The number of nitrogens with one attached hydrogen (secondary N) is 1. The van der Waals surface area contributed by atoms with E-state index in [1.165, 1.54) is 23.5 Å². The maximum atomic E-state index is 13.2. The van der Waals surface area contributed by atoms with Crippen molar-refractivity contribution < 1.29 is 13.9 Å². The number of fused-ring (bicyclic) bond motifs is 1. The van der Waals surface area contributed by atoms with E-state index >= 15 is 0 Å². The lowest BCUT2D eigenvalue weighted by molar-refractivity contribution is -0.118. The van der Waals surface area contributed by atoms with E-state index in [1.54, 1.807) is 16.8 Å². The van der Waals surface area contributed by atoms with Crippen molar-refractivity contribution >= 4 is 34.8 Å². The fourth-order valence-electron chi connectivity index (χ4n) is 2.90. The Morgan fingerprint density at radius 1 is 1.27 bits per heavy atom. The molecule has 6 nitrogen and oxygen atoms in total. The van der Waals surface area contributed by atoms with Gasteiger partial charge in [0.25, 0.3) is 5.91 Å². The molecule has 1 aliphatic heterocycles. The first kappa shape index (κ1) is 20.0. The van der Waals surface area contributed by atoms with Gasteiger partial charge in [0.05, 0.1) is 17.1 Å². The van der Waals surface area contributed by atoms with E-state index in [0.717, 1.165) is 17.7 Å². The van der Waals surface area contributed by atoms with Crippen LogP contribution in [0.2, 0.25) is 0 Å². The molecule has 0 saturated heterocycles. The van der Waals surface area contributed by atoms with Crippen LogP contribution >= 0.6 is 11.3 Å². The zero-order valence-corrected chi connectivity index (χ0v) is 17.4. The number of ether oxygens (including phenoxy) is 1. The lowest BCUT2D eigenvalue weighted by atomic mass is 10.1. The zero-order chi connectivity index (χ0) is 21.1. The Kier molecular flexibility index (Phi) is 5.76. The van der Waals surface area contributed by atoms with E-state index in [0.29, 0.717) is 27.8 Å². The molecule has 1 aromatic heterocycles. The smallest absolute Gasteiger partial charge is 0.262 e. The van der Waals surface area contributed by atoms with Crippen molar-refractivity contribution in [1.82, 2.24) is 4.68 Å². The van der Waals surface area contributed by atoms with Crippen molar-refractivity contribution in [3.63, 3.8) is 0 Å². The van der Waals surface area contributed by atoms with Crippen LogP contribution in [0.5, 0.6) is 5.75 Å². The van der Waals surface area contributed by atoms with Crippen molar-refractivity contribution in [3.8, 4) is 17.0 Å². The first-order chi connectivity index (χ1) is 14.5. The minimum Gasteiger partial charge on any atom is -0.482 e. The van der Waals surface area contributed by atoms with Gasteiger partial charge in [-0.2, -0.15) is 5.10 Å². The number of hydrogen-bond donors (Lipinski definition) is 1. The first-order valence-electron chi connectivity index (χ1n) is 9.60. The summed E-state index contributed by atoms with van der Waals surface area (Å²) in [6.07, 6.45) is 2.69. The number of halogens is 1. The third-order valence-corrected chi connectivity index (χ3v) is 5.23. The highest BCUT2D eigenvalue weighted by molar-refractivity contribution is 7.07. The SMILES string of the molecule is CC(C)CC=Nn1c(-c2ccc3c(c2)NC(=O)CO3)csc1=Nc1ccc(F)cc1. The average Bonchev–Trinajstić information content (AvgIpc) is 3.11. The minimum atomic E-state index is -0.304. The Labute approximate surface area is 177 Å². The molecule has 0 atom stereocenters. The number of amides is 1. The summed E-state index contributed by atoms with van der Waals surface area (Å²) in [5.74, 6) is 0.631. The van der Waals surface area contributed by atoms with Crippen molar-refractivity contribution in [2.24, 2.45) is 16.0 Å². The summed E-state index contributed by atoms with van der Waals surface area (Å²) < 4.78 is 20.4. The highest BCUT2D eigenvalue weighted by Crippen LogP contribution is 2.33. The highest BCUT2D eigenvalue weighted by atomic mass is 32.1. The molecule has 2 aromatic carbocycles. The molecule has 0 aliphatic carbocycles. The Hall–Kier alpha value is -3.26. The van der Waals surface area contributed by atoms with Gasteiger partial charge in [0.1, 0.15) is 11.6 Å². The fourth-order valence-corrected chi connectivity index (χ4v) is 3.75. The third kappa shape index (κ3) is 4.49. The topological polar surface area (TPSA) is 68.0 Å². The Morgan fingerprint density at radius 3 is 2.83 bits per heavy atom. The molecule has 0 bridgehead atoms. The van der Waals surface area contributed by atoms with Crippen LogP contribution in [0.15, 0.2) is 57.9 Å². The van der Waals surface area contributed by atoms with Gasteiger partial charge in [-0.3, -0.25) is 4.79 Å². The molecule has 0 spiro atoms. The van der Waals surface area contributed by atoms with Gasteiger partial charge in [-0.1, -0.05) is 13.8 Å². The minimum absolute atomic E-state index is 0.0188. The molecule has 0 saturated carbocycles. The molecule has 154 valence electrons. The second-order valence-corrected chi connectivity index (χ2v) is 8.12. The largest absolute Gasteiger partial charge is 0.482 e. The van der Waals surface area contributed by atoms with Gasteiger partial charge in [0, 0.05) is 17.2 Å². The standard InChI is InChI=1S/C22H21FN4O2S/c1-14(2)9-10-24-27-19(13-30-22(27)25-17-6-4-16(23)5-7-17)15-3-8-20-18(11-15)26-21(28)12-29-20/h3-8,10-11,13-14H,9,12H2,1-2H3,(H,26,28). The number of benzene rings is 2. The van der Waals surface area contributed by atoms with Gasteiger partial charge in [-0.05, 0) is 54.8 Å². The first-order valence-corrected chi connectivity index (χ1v) is 10.5. The Morgan fingerprint density at radius 2 is 2.07 bits per heavy atom. The van der Waals surface area contributed by atoms with Gasteiger partial charge in [-0.15, -0.1) is 11.3 Å². The molecule has 0 radical (unpaired) electrons. The van der Waals surface area contributed by atoms with Crippen LogP contribution in [-0.2, 0) is 4.79 Å². The summed E-state index contributed by atoms with van der Waals surface area (Å²) in [6.45, 7) is 4.27. The summed E-state index contributed by atoms with van der Waals surface area (Å²) in [5.41, 5.74) is 2.98. The van der Waals surface area contributed by atoms with Crippen LogP contribution in [0.25, 0.3) is 11.3 Å². The number of anilines is 1. The highest BCUT2D eigenvalue weighted by Gasteiger charge is 2.17. The molecule has 0 fully saturated rings. The van der Waals surface area contributed by atoms with Crippen molar-refractivity contribution in [1.29, 1.82) is 0 Å². The molecule has 1 N–H and O–H groups in total. The van der Waals surface area contributed by atoms with Crippen LogP contribution < -0.4 is 14.9 Å². The summed E-state index contributed by atoms with van der Waals surface area (Å²) >= 11 is 1.44. The van der Waals surface area contributed by atoms with Gasteiger partial charge in [-0.25, -0.2) is 14.1 Å². The predicted octanol–water partition coefficient (Wildman–Crippen LogP) is 4.80. The number of aromatic nitrogens is 1. The third-order valence-electron chi connectivity index (χ3n) is 4.42. The van der Waals surface area contributed by atoms with Crippen molar-refractivity contribution in [2.45, 2.75) is 20.3 Å². The molecule has 30 heavy (non-hydrogen) atoms. The molecule has 8 heteroatoms. The molecule has 2 heterocycles. The summed E-state index contributed by atoms with van der Waals surface area (Å²) in [5, 5.41) is 9.43. The molecule has 1 amide bonds. The van der Waals surface area contributed by atoms with E-state index in [2.05, 4.69) is 29.3 Å². The summed E-state index contributed by atoms with van der Waals surface area (Å²) in [6, 6.07) is 11.6. The molecular weight excluding hydrogens is 403 g/mol. The van der Waals surface area contributed by atoms with Gasteiger partial charge >= 0.3 is 0 Å². The molecule has 3 aromatic rings. The molecular formula is C22H21FN4O2S. The summed E-state index contributed by atoms with van der Waals surface area (Å²) in [7, 11) is 0. The second-order valence-electron chi connectivity index (χ2n) is 7.28. The maximum Gasteiger partial charge on any atom is 0.262 e. The van der Waals surface area contributed by atoms with Gasteiger partial charge < -0.3 is 10.1 Å². The number of hydrogen-bond acceptors (Lipinski definition) is 5. The van der Waals surface area contributed by atoms with Crippen molar-refractivity contribution in [2.75, 3.05) is 11.9 Å². The average molecular weight is 425 g/mol. The van der Waals surface area contributed by atoms with E-state index in [9.17, 15) is 9.18 Å². The second kappa shape index (κ2) is 8.62. The van der Waals surface area contributed by atoms with Gasteiger partial charge in [0.15, 0.2) is 6.61 Å². The van der Waals surface area contributed by atoms with E-state index in [-0.39, 0.29) is 18.3 Å². The van der Waals surface area contributed by atoms with E-state index in [4.69, 9.17) is 4.74 Å². The predicted molar refractivity (Wildman–Crippen MR) is 117 cm³/mol. The number of nitrogens with zero attached hydrogens (tertiary/aromatic N) is 3. The number of carbonyl (C=O) groups excluding carboxylic acids is 1. The number of rotatable bonds is 5. The maximum absolute atomic E-state index is 13.2. The van der Waals surface area contributed by atoms with Crippen LogP contribution in [0.3, 0.4) is 0 Å². The van der Waals surface area contributed by atoms with E-state index < -0.39 is 0 Å². The Balaban J connectivity index is 1.79. The Bertz CT molecular complexity index is 1160. The monoisotopic (exact) mass is 424 g/mol. The summed E-state index contributed by atoms with van der Waals surface area (Å²) in [4.78, 5) is 17.0. The zero-order valence-electron chi connectivity index (χ0n) is 16.6. The number of thiazole rings is 1. The van der Waals surface area contributed by atoms with Crippen LogP contribution in [0, 0.1) is 11.7 Å². The lowest BCUT2D eigenvalue weighted by Gasteiger charge is -2.18. The van der Waals surface area contributed by atoms with Crippen molar-refractivity contribution in [3.05, 3.63) is 58.5 Å². The normalized spacial score (nSPS) is 14.1. The van der Waals surface area contributed by atoms with Crippen LogP contribution in [0.1, 0.15) is 20.3 Å². The number of carbonyl (C=O) groups is 1. The van der Waals surface area contributed by atoms with Gasteiger partial charge in [0.2, 0.25) is 4.80 Å².